The molecule has 0 spiro atoms. The second kappa shape index (κ2) is 7.00. The van der Waals surface area contributed by atoms with E-state index in [9.17, 15) is 4.79 Å². The molecule has 1 aromatic carbocycles. The average molecular weight is 339 g/mol. The topological polar surface area (TPSA) is 90.6 Å². The number of rotatable bonds is 5. The molecule has 2 heterocycles. The lowest BCUT2D eigenvalue weighted by Gasteiger charge is -2.07. The molecule has 0 fully saturated rings. The first kappa shape index (κ1) is 16.4. The highest BCUT2D eigenvalue weighted by Crippen LogP contribution is 2.26. The number of aryl methyl sites for hydroxylation is 1. The fourth-order valence-electron chi connectivity index (χ4n) is 2.38. The molecule has 8 nitrogen and oxygen atoms in total. The van der Waals surface area contributed by atoms with Gasteiger partial charge >= 0.3 is 5.91 Å². The van der Waals surface area contributed by atoms with Crippen LogP contribution >= 0.6 is 0 Å². The predicted octanol–water partition coefficient (Wildman–Crippen LogP) is 1.75. The first-order valence-electron chi connectivity index (χ1n) is 7.47. The van der Waals surface area contributed by atoms with E-state index in [4.69, 9.17) is 9.47 Å². The Hall–Kier alpha value is -3.42. The Kier molecular flexibility index (Phi) is 4.60. The number of amides is 1. The van der Waals surface area contributed by atoms with Gasteiger partial charge in [-0.3, -0.25) is 4.79 Å². The van der Waals surface area contributed by atoms with Crippen LogP contribution < -0.4 is 14.9 Å². The van der Waals surface area contributed by atoms with Crippen LogP contribution in [0.25, 0.3) is 11.2 Å². The maximum Gasteiger partial charge on any atom is 0.307 e. The summed E-state index contributed by atoms with van der Waals surface area (Å²) in [5.41, 5.74) is 4.50. The molecule has 0 unspecified atom stereocenters. The first-order valence-corrected chi connectivity index (χ1v) is 7.47. The second-order valence-corrected chi connectivity index (χ2v) is 5.15. The third kappa shape index (κ3) is 3.27. The summed E-state index contributed by atoms with van der Waals surface area (Å²) >= 11 is 0. The lowest BCUT2D eigenvalue weighted by Crippen LogP contribution is -2.21. The maximum atomic E-state index is 12.3. The molecule has 1 amide bonds. The van der Waals surface area contributed by atoms with E-state index in [2.05, 4.69) is 20.5 Å². The third-order valence-corrected chi connectivity index (χ3v) is 3.65. The van der Waals surface area contributed by atoms with Gasteiger partial charge in [-0.25, -0.2) is 15.4 Å². The van der Waals surface area contributed by atoms with Crippen molar-refractivity contribution in [1.82, 2.24) is 20.0 Å². The number of hydrogen-bond donors (Lipinski definition) is 1. The van der Waals surface area contributed by atoms with Crippen LogP contribution in [0.1, 0.15) is 16.2 Å². The molecule has 0 aliphatic rings. The quantitative estimate of drug-likeness (QED) is 0.565. The molecule has 3 rings (SSSR count). The van der Waals surface area contributed by atoms with Crippen LogP contribution in [0, 0.1) is 0 Å². The number of imidazole rings is 1. The predicted molar refractivity (Wildman–Crippen MR) is 93.1 cm³/mol. The molecule has 8 heteroatoms. The van der Waals surface area contributed by atoms with Gasteiger partial charge in [0.15, 0.2) is 17.1 Å². The van der Waals surface area contributed by atoms with Gasteiger partial charge in [-0.1, -0.05) is 0 Å². The van der Waals surface area contributed by atoms with Crippen molar-refractivity contribution in [2.45, 2.75) is 0 Å². The monoisotopic (exact) mass is 339 g/mol. The number of carbonyl (C=O) groups excluding carboxylic acids is 1. The molecule has 3 aromatic rings. The number of fused-ring (bicyclic) bond motifs is 1. The number of ether oxygens (including phenoxy) is 2. The Labute approximate surface area is 144 Å². The number of methoxy groups -OCH3 is 2. The normalized spacial score (nSPS) is 11.0. The summed E-state index contributed by atoms with van der Waals surface area (Å²) in [5, 5.41) is 3.97. The minimum absolute atomic E-state index is 0.234. The first-order chi connectivity index (χ1) is 12.1. The standard InChI is InChI=1S/C17H17N5O3/c1-22-12-5-4-8-18-15(12)20-16(22)17(23)21-19-10-11-6-7-13(24-2)14(9-11)25-3/h4-10H,1-3H3,(H,21,23)/b19-10+. The van der Waals surface area contributed by atoms with Crippen molar-refractivity contribution in [2.75, 3.05) is 14.2 Å². The van der Waals surface area contributed by atoms with Crippen molar-refractivity contribution in [2.24, 2.45) is 12.1 Å². The van der Waals surface area contributed by atoms with Gasteiger partial charge in [-0.15, -0.1) is 0 Å². The molecule has 128 valence electrons. The van der Waals surface area contributed by atoms with E-state index in [1.807, 2.05) is 6.07 Å². The third-order valence-electron chi connectivity index (χ3n) is 3.65. The average Bonchev–Trinajstić information content (AvgIpc) is 2.98. The van der Waals surface area contributed by atoms with E-state index in [0.717, 1.165) is 11.1 Å². The summed E-state index contributed by atoms with van der Waals surface area (Å²) in [5.74, 6) is 1.02. The largest absolute Gasteiger partial charge is 0.493 e. The number of nitrogens with zero attached hydrogens (tertiary/aromatic N) is 4. The summed E-state index contributed by atoms with van der Waals surface area (Å²) in [6, 6.07) is 8.96. The van der Waals surface area contributed by atoms with Gasteiger partial charge in [0.2, 0.25) is 5.82 Å². The van der Waals surface area contributed by atoms with E-state index in [1.165, 1.54) is 6.21 Å². The Morgan fingerprint density at radius 2 is 2.04 bits per heavy atom. The summed E-state index contributed by atoms with van der Waals surface area (Å²) in [6.07, 6.45) is 3.15. The highest BCUT2D eigenvalue weighted by molar-refractivity contribution is 5.94. The zero-order chi connectivity index (χ0) is 17.8. The summed E-state index contributed by atoms with van der Waals surface area (Å²) in [7, 11) is 4.88. The van der Waals surface area contributed by atoms with Crippen molar-refractivity contribution in [3.63, 3.8) is 0 Å². The molecule has 0 radical (unpaired) electrons. The lowest BCUT2D eigenvalue weighted by atomic mass is 10.2. The number of hydrogen-bond acceptors (Lipinski definition) is 6. The van der Waals surface area contributed by atoms with Crippen molar-refractivity contribution >= 4 is 23.3 Å². The minimum Gasteiger partial charge on any atom is -0.493 e. The molecule has 0 aliphatic carbocycles. The van der Waals surface area contributed by atoms with E-state index < -0.39 is 5.91 Å². The Morgan fingerprint density at radius 1 is 1.24 bits per heavy atom. The van der Waals surface area contributed by atoms with Crippen molar-refractivity contribution in [3.8, 4) is 11.5 Å². The number of hydrazone groups is 1. The fraction of sp³-hybridized carbons (Fsp3) is 0.176. The van der Waals surface area contributed by atoms with Gasteiger partial charge < -0.3 is 14.0 Å². The van der Waals surface area contributed by atoms with Crippen molar-refractivity contribution in [3.05, 3.63) is 47.9 Å². The Balaban J connectivity index is 1.75. The molecule has 1 N–H and O–H groups in total. The van der Waals surface area contributed by atoms with Gasteiger partial charge in [-0.05, 0) is 35.9 Å². The molecular weight excluding hydrogens is 322 g/mol. The molecular formula is C17H17N5O3. The fourth-order valence-corrected chi connectivity index (χ4v) is 2.38. The highest BCUT2D eigenvalue weighted by atomic mass is 16.5. The molecule has 0 saturated carbocycles. The summed E-state index contributed by atoms with van der Waals surface area (Å²) < 4.78 is 12.1. The van der Waals surface area contributed by atoms with Crippen LogP contribution in [0.3, 0.4) is 0 Å². The van der Waals surface area contributed by atoms with Crippen molar-refractivity contribution in [1.29, 1.82) is 0 Å². The van der Waals surface area contributed by atoms with Gasteiger partial charge in [0.1, 0.15) is 0 Å². The Bertz CT molecular complexity index is 949. The smallest absolute Gasteiger partial charge is 0.307 e. The van der Waals surface area contributed by atoms with Gasteiger partial charge in [0.25, 0.3) is 0 Å². The summed E-state index contributed by atoms with van der Waals surface area (Å²) in [6.45, 7) is 0. The zero-order valence-corrected chi connectivity index (χ0v) is 14.1. The molecule has 25 heavy (non-hydrogen) atoms. The molecule has 0 bridgehead atoms. The van der Waals surface area contributed by atoms with Gasteiger partial charge in [-0.2, -0.15) is 5.10 Å². The van der Waals surface area contributed by atoms with E-state index in [-0.39, 0.29) is 5.82 Å². The second-order valence-electron chi connectivity index (χ2n) is 5.15. The van der Waals surface area contributed by atoms with Crippen LogP contribution in [-0.4, -0.2) is 40.9 Å². The zero-order valence-electron chi connectivity index (χ0n) is 14.1. The molecule has 2 aromatic heterocycles. The highest BCUT2D eigenvalue weighted by Gasteiger charge is 2.15. The van der Waals surface area contributed by atoms with Crippen molar-refractivity contribution < 1.29 is 14.3 Å². The van der Waals surface area contributed by atoms with E-state index in [0.29, 0.717) is 17.1 Å². The Morgan fingerprint density at radius 3 is 2.76 bits per heavy atom. The van der Waals surface area contributed by atoms with Crippen LogP contribution in [0.2, 0.25) is 0 Å². The number of pyridine rings is 1. The van der Waals surface area contributed by atoms with Gasteiger partial charge in [0.05, 0.1) is 26.0 Å². The minimum atomic E-state index is -0.419. The number of nitrogens with one attached hydrogen (secondary N) is 1. The van der Waals surface area contributed by atoms with Gasteiger partial charge in [0, 0.05) is 13.2 Å². The molecule has 0 saturated heterocycles. The van der Waals surface area contributed by atoms with Crippen LogP contribution in [0.15, 0.2) is 41.6 Å². The maximum absolute atomic E-state index is 12.3. The number of aromatic nitrogens is 3. The lowest BCUT2D eigenvalue weighted by molar-refractivity contribution is 0.0942. The van der Waals surface area contributed by atoms with Crippen LogP contribution in [0.5, 0.6) is 11.5 Å². The SMILES string of the molecule is COc1ccc(/C=N/NC(=O)c2nc3ncccc3n2C)cc1OC. The van der Waals surface area contributed by atoms with Crippen LogP contribution in [0.4, 0.5) is 0 Å². The van der Waals surface area contributed by atoms with E-state index >= 15 is 0 Å². The molecule has 0 atom stereocenters. The number of carbonyl (C=O) groups is 1. The molecule has 0 aliphatic heterocycles. The summed E-state index contributed by atoms with van der Waals surface area (Å²) in [4.78, 5) is 20.6. The number of benzene rings is 1. The van der Waals surface area contributed by atoms with Crippen LogP contribution in [-0.2, 0) is 7.05 Å². The van der Waals surface area contributed by atoms with E-state index in [1.54, 1.807) is 56.3 Å².